The van der Waals surface area contributed by atoms with E-state index in [2.05, 4.69) is 20.6 Å². The average Bonchev–Trinajstić information content (AvgIpc) is 2.87. The van der Waals surface area contributed by atoms with Gasteiger partial charge in [-0.05, 0) is 46.8 Å². The normalized spacial score (nSPS) is 21.2. The second kappa shape index (κ2) is 7.86. The van der Waals surface area contributed by atoms with E-state index in [4.69, 9.17) is 4.74 Å². The first kappa shape index (κ1) is 19.2. The van der Waals surface area contributed by atoms with Crippen molar-refractivity contribution in [3.05, 3.63) is 30.1 Å². The van der Waals surface area contributed by atoms with E-state index in [-0.39, 0.29) is 17.3 Å². The topological polar surface area (TPSA) is 92.7 Å². The van der Waals surface area contributed by atoms with Crippen LogP contribution < -0.4 is 10.6 Å². The van der Waals surface area contributed by atoms with Gasteiger partial charge in [-0.2, -0.15) is 0 Å². The number of rotatable bonds is 4. The second-order valence-electron chi connectivity index (χ2n) is 6.83. The summed E-state index contributed by atoms with van der Waals surface area (Å²) in [6.45, 7) is 8.86. The van der Waals surface area contributed by atoms with Gasteiger partial charge in [0, 0.05) is 18.0 Å². The highest BCUT2D eigenvalue weighted by Crippen LogP contribution is 2.28. The molecule has 2 N–H and O–H groups in total. The summed E-state index contributed by atoms with van der Waals surface area (Å²) < 4.78 is 5.16. The Kier molecular flexibility index (Phi) is 6.05. The van der Waals surface area contributed by atoms with Gasteiger partial charge in [0.05, 0.1) is 6.04 Å². The average molecular weight is 364 g/mol. The molecule has 8 heteroatoms. The molecule has 2 amide bonds. The van der Waals surface area contributed by atoms with E-state index < -0.39 is 17.7 Å². The lowest BCUT2D eigenvalue weighted by Crippen LogP contribution is -2.49. The molecule has 2 rings (SSSR count). The molecule has 3 atom stereocenters. The molecule has 1 aliphatic heterocycles. The Morgan fingerprint density at radius 2 is 2.08 bits per heavy atom. The summed E-state index contributed by atoms with van der Waals surface area (Å²) in [6, 6.07) is 3.01. The van der Waals surface area contributed by atoms with Crippen molar-refractivity contribution in [2.45, 2.75) is 57.7 Å². The van der Waals surface area contributed by atoms with Crippen molar-refractivity contribution in [1.29, 1.82) is 0 Å². The van der Waals surface area contributed by atoms with Crippen molar-refractivity contribution in [3.8, 4) is 0 Å². The van der Waals surface area contributed by atoms with Crippen LogP contribution in [0, 0.1) is 0 Å². The fourth-order valence-electron chi connectivity index (χ4n) is 2.10. The zero-order valence-corrected chi connectivity index (χ0v) is 15.9. The van der Waals surface area contributed by atoms with Gasteiger partial charge in [-0.25, -0.2) is 4.79 Å². The van der Waals surface area contributed by atoms with Crippen LogP contribution >= 0.6 is 11.8 Å². The first-order chi connectivity index (χ1) is 11.7. The van der Waals surface area contributed by atoms with E-state index in [1.165, 1.54) is 11.8 Å². The third-order valence-electron chi connectivity index (χ3n) is 3.32. The summed E-state index contributed by atoms with van der Waals surface area (Å²) >= 11 is 1.48. The number of amides is 2. The van der Waals surface area contributed by atoms with Crippen LogP contribution in [-0.2, 0) is 9.53 Å². The molecule has 1 aliphatic rings. The van der Waals surface area contributed by atoms with Gasteiger partial charge in [0.1, 0.15) is 22.1 Å². The number of carbonyl (C=O) groups is 2. The number of carbonyl (C=O) groups excluding carboxylic acids is 2. The number of aliphatic imine (C=N–C) groups is 1. The van der Waals surface area contributed by atoms with Gasteiger partial charge >= 0.3 is 6.09 Å². The van der Waals surface area contributed by atoms with Gasteiger partial charge in [-0.1, -0.05) is 11.8 Å². The van der Waals surface area contributed by atoms with Crippen LogP contribution in [0.2, 0.25) is 0 Å². The monoisotopic (exact) mass is 364 g/mol. The van der Waals surface area contributed by atoms with Crippen molar-refractivity contribution in [1.82, 2.24) is 15.6 Å². The molecule has 25 heavy (non-hydrogen) atoms. The largest absolute Gasteiger partial charge is 0.444 e. The maximum Gasteiger partial charge on any atom is 0.408 e. The summed E-state index contributed by atoms with van der Waals surface area (Å²) in [5, 5.41) is 6.11. The van der Waals surface area contributed by atoms with E-state index in [1.807, 2.05) is 19.1 Å². The Morgan fingerprint density at radius 3 is 2.68 bits per heavy atom. The predicted octanol–water partition coefficient (Wildman–Crippen LogP) is 2.32. The van der Waals surface area contributed by atoms with Crippen molar-refractivity contribution < 1.29 is 14.3 Å². The van der Waals surface area contributed by atoms with Crippen LogP contribution in [0.1, 0.15) is 40.2 Å². The quantitative estimate of drug-likeness (QED) is 0.855. The van der Waals surface area contributed by atoms with Crippen LogP contribution in [0.25, 0.3) is 0 Å². The molecule has 0 saturated carbocycles. The van der Waals surface area contributed by atoms with Crippen molar-refractivity contribution in [3.63, 3.8) is 0 Å². The molecule has 0 bridgehead atoms. The van der Waals surface area contributed by atoms with Crippen molar-refractivity contribution in [2.24, 2.45) is 4.99 Å². The number of hydrogen-bond donors (Lipinski definition) is 2. The van der Waals surface area contributed by atoms with Gasteiger partial charge in [0.15, 0.2) is 0 Å². The first-order valence-electron chi connectivity index (χ1n) is 8.10. The van der Waals surface area contributed by atoms with Gasteiger partial charge in [0.2, 0.25) is 5.91 Å². The smallest absolute Gasteiger partial charge is 0.408 e. The Labute approximate surface area is 152 Å². The second-order valence-corrected chi connectivity index (χ2v) is 7.96. The molecule has 2 heterocycles. The third-order valence-corrected chi connectivity index (χ3v) is 4.65. The molecular weight excluding hydrogens is 340 g/mol. The van der Waals surface area contributed by atoms with E-state index in [9.17, 15) is 9.59 Å². The summed E-state index contributed by atoms with van der Waals surface area (Å²) in [4.78, 5) is 32.8. The van der Waals surface area contributed by atoms with Crippen LogP contribution in [0.3, 0.4) is 0 Å². The van der Waals surface area contributed by atoms with E-state index in [0.717, 1.165) is 10.6 Å². The Bertz CT molecular complexity index is 658. The summed E-state index contributed by atoms with van der Waals surface area (Å²) in [7, 11) is 0. The lowest BCUT2D eigenvalue weighted by molar-refractivity contribution is -0.123. The SMILES string of the molecule is CC1N=C(c2cccnc2)SC1NC(=O)[C@H](C)NC(=O)OC(C)(C)C. The maximum atomic E-state index is 12.3. The minimum Gasteiger partial charge on any atom is -0.444 e. The number of hydrogen-bond acceptors (Lipinski definition) is 6. The molecular formula is C17H24N4O3S. The zero-order valence-electron chi connectivity index (χ0n) is 15.1. The summed E-state index contributed by atoms with van der Waals surface area (Å²) in [5.74, 6) is -0.280. The maximum absolute atomic E-state index is 12.3. The van der Waals surface area contributed by atoms with Crippen LogP contribution in [0.4, 0.5) is 4.79 Å². The summed E-state index contributed by atoms with van der Waals surface area (Å²) in [5.41, 5.74) is 0.318. The Hall–Kier alpha value is -2.09. The van der Waals surface area contributed by atoms with Crippen LogP contribution in [-0.4, -0.2) is 45.1 Å². The number of thioether (sulfide) groups is 1. The Morgan fingerprint density at radius 1 is 1.36 bits per heavy atom. The molecule has 2 unspecified atom stereocenters. The van der Waals surface area contributed by atoms with Gasteiger partial charge in [-0.15, -0.1) is 0 Å². The number of aromatic nitrogens is 1. The lowest BCUT2D eigenvalue weighted by atomic mass is 10.2. The Balaban J connectivity index is 1.88. The standard InChI is InChI=1S/C17H24N4O3S/c1-10(20-16(23)24-17(3,4)5)13(22)21-14-11(2)19-15(25-14)12-7-6-8-18-9-12/h6-11,14H,1-5H3,(H,20,23)(H,21,22)/t10-,11?,14?/m0/s1. The van der Waals surface area contributed by atoms with E-state index in [1.54, 1.807) is 40.1 Å². The first-order valence-corrected chi connectivity index (χ1v) is 8.98. The van der Waals surface area contributed by atoms with Gasteiger partial charge in [-0.3, -0.25) is 14.8 Å². The molecule has 1 aromatic heterocycles. The molecule has 0 aromatic carbocycles. The van der Waals surface area contributed by atoms with Crippen molar-refractivity contribution >= 4 is 28.8 Å². The fraction of sp³-hybridized carbons (Fsp3) is 0.529. The predicted molar refractivity (Wildman–Crippen MR) is 98.6 cm³/mol. The molecule has 7 nitrogen and oxygen atoms in total. The molecule has 0 radical (unpaired) electrons. The molecule has 0 saturated heterocycles. The van der Waals surface area contributed by atoms with Crippen molar-refractivity contribution in [2.75, 3.05) is 0 Å². The lowest BCUT2D eigenvalue weighted by Gasteiger charge is -2.23. The number of ether oxygens (including phenoxy) is 1. The zero-order chi connectivity index (χ0) is 18.6. The van der Waals surface area contributed by atoms with E-state index in [0.29, 0.717) is 0 Å². The van der Waals surface area contributed by atoms with Crippen LogP contribution in [0.5, 0.6) is 0 Å². The molecule has 136 valence electrons. The highest BCUT2D eigenvalue weighted by Gasteiger charge is 2.31. The fourth-order valence-corrected chi connectivity index (χ4v) is 3.26. The molecule has 1 aromatic rings. The number of nitrogens with zero attached hydrogens (tertiary/aromatic N) is 2. The summed E-state index contributed by atoms with van der Waals surface area (Å²) in [6.07, 6.45) is 2.83. The molecule has 0 spiro atoms. The number of nitrogens with one attached hydrogen (secondary N) is 2. The van der Waals surface area contributed by atoms with E-state index >= 15 is 0 Å². The highest BCUT2D eigenvalue weighted by molar-refractivity contribution is 8.15. The molecule has 0 aliphatic carbocycles. The van der Waals surface area contributed by atoms with Crippen LogP contribution in [0.15, 0.2) is 29.5 Å². The number of pyridine rings is 1. The van der Waals surface area contributed by atoms with Gasteiger partial charge in [0.25, 0.3) is 0 Å². The minimum absolute atomic E-state index is 0.0714. The minimum atomic E-state index is -0.704. The highest BCUT2D eigenvalue weighted by atomic mass is 32.2. The molecule has 0 fully saturated rings. The number of alkyl carbamates (subject to hydrolysis) is 1. The third kappa shape index (κ3) is 5.74. The van der Waals surface area contributed by atoms with Gasteiger partial charge < -0.3 is 15.4 Å².